The number of hydrogen-bond acceptors (Lipinski definition) is 2. The van der Waals surface area contributed by atoms with Crippen molar-refractivity contribution in [2.24, 2.45) is 0 Å². The number of para-hydroxylation sites is 1. The van der Waals surface area contributed by atoms with Gasteiger partial charge in [0.1, 0.15) is 0 Å². The van der Waals surface area contributed by atoms with E-state index in [0.29, 0.717) is 0 Å². The van der Waals surface area contributed by atoms with Crippen LogP contribution in [0.1, 0.15) is 25.0 Å². The number of hydrogen-bond donors (Lipinski definition) is 0. The van der Waals surface area contributed by atoms with Gasteiger partial charge in [-0.1, -0.05) is 123 Å². The van der Waals surface area contributed by atoms with Gasteiger partial charge in [0.15, 0.2) is 5.82 Å². The van der Waals surface area contributed by atoms with Gasteiger partial charge in [-0.15, -0.1) is 0 Å². The smallest absolute Gasteiger partial charge is 0.160 e. The van der Waals surface area contributed by atoms with E-state index in [2.05, 4.69) is 123 Å². The van der Waals surface area contributed by atoms with Crippen LogP contribution in [-0.4, -0.2) is 9.97 Å². The van der Waals surface area contributed by atoms with Gasteiger partial charge in [0.2, 0.25) is 0 Å². The maximum atomic E-state index is 5.16. The van der Waals surface area contributed by atoms with Gasteiger partial charge in [-0.25, -0.2) is 9.97 Å². The maximum absolute atomic E-state index is 5.16. The quantitative estimate of drug-likeness (QED) is 0.256. The average molecular weight is 475 g/mol. The van der Waals surface area contributed by atoms with Crippen LogP contribution in [0.15, 0.2) is 121 Å². The largest absolute Gasteiger partial charge is 0.228 e. The monoisotopic (exact) mass is 474 g/mol. The van der Waals surface area contributed by atoms with Gasteiger partial charge < -0.3 is 0 Å². The first-order chi connectivity index (χ1) is 18.1. The molecule has 1 aliphatic carbocycles. The molecule has 7 rings (SSSR count). The summed E-state index contributed by atoms with van der Waals surface area (Å²) in [6.07, 6.45) is 0. The van der Waals surface area contributed by atoms with Crippen molar-refractivity contribution in [1.82, 2.24) is 9.97 Å². The lowest BCUT2D eigenvalue weighted by molar-refractivity contribution is 0.660. The first-order valence-corrected chi connectivity index (χ1v) is 12.8. The van der Waals surface area contributed by atoms with E-state index >= 15 is 0 Å². The van der Waals surface area contributed by atoms with Crippen molar-refractivity contribution >= 4 is 10.9 Å². The third-order valence-corrected chi connectivity index (χ3v) is 7.71. The molecule has 2 nitrogen and oxygen atoms in total. The van der Waals surface area contributed by atoms with Crippen LogP contribution in [-0.2, 0) is 5.41 Å². The number of nitrogens with zero attached hydrogens (tertiary/aromatic N) is 2. The molecule has 176 valence electrons. The lowest BCUT2D eigenvalue weighted by atomic mass is 9.82. The molecule has 0 spiro atoms. The van der Waals surface area contributed by atoms with Gasteiger partial charge in [0, 0.05) is 21.9 Å². The van der Waals surface area contributed by atoms with E-state index in [4.69, 9.17) is 9.97 Å². The minimum absolute atomic E-state index is 0.0547. The van der Waals surface area contributed by atoms with Gasteiger partial charge in [0.05, 0.1) is 11.2 Å². The molecule has 0 aliphatic heterocycles. The molecule has 1 aromatic heterocycles. The van der Waals surface area contributed by atoms with Crippen LogP contribution in [0.4, 0.5) is 0 Å². The fourth-order valence-electron chi connectivity index (χ4n) is 5.72. The molecule has 0 fully saturated rings. The van der Waals surface area contributed by atoms with Crippen LogP contribution >= 0.6 is 0 Å². The van der Waals surface area contributed by atoms with Crippen molar-refractivity contribution in [1.29, 1.82) is 0 Å². The molecule has 0 N–H and O–H groups in total. The van der Waals surface area contributed by atoms with Crippen molar-refractivity contribution in [3.63, 3.8) is 0 Å². The predicted molar refractivity (Wildman–Crippen MR) is 153 cm³/mol. The summed E-state index contributed by atoms with van der Waals surface area (Å²) in [7, 11) is 0. The molecule has 6 aromatic rings. The van der Waals surface area contributed by atoms with Crippen molar-refractivity contribution in [3.8, 4) is 44.9 Å². The number of benzene rings is 5. The Balaban J connectivity index is 1.37. The number of fused-ring (bicyclic) bond motifs is 4. The third-order valence-electron chi connectivity index (χ3n) is 7.71. The summed E-state index contributed by atoms with van der Waals surface area (Å²) in [6.45, 7) is 4.64. The van der Waals surface area contributed by atoms with Crippen molar-refractivity contribution in [2.45, 2.75) is 19.3 Å². The summed E-state index contributed by atoms with van der Waals surface area (Å²) in [5.41, 5.74) is 11.8. The molecule has 2 heteroatoms. The highest BCUT2D eigenvalue weighted by Crippen LogP contribution is 2.49. The van der Waals surface area contributed by atoms with E-state index in [1.165, 1.54) is 33.4 Å². The second-order valence-corrected chi connectivity index (χ2v) is 10.3. The molecule has 37 heavy (non-hydrogen) atoms. The highest BCUT2D eigenvalue weighted by molar-refractivity contribution is 5.95. The molecule has 0 saturated heterocycles. The summed E-state index contributed by atoms with van der Waals surface area (Å²) in [6, 6.07) is 42.9. The zero-order valence-electron chi connectivity index (χ0n) is 20.9. The molecular formula is C35H26N2. The first-order valence-electron chi connectivity index (χ1n) is 12.8. The molecule has 5 aromatic carbocycles. The molecule has 0 bridgehead atoms. The van der Waals surface area contributed by atoms with E-state index in [0.717, 1.165) is 33.5 Å². The highest BCUT2D eigenvalue weighted by atomic mass is 14.9. The summed E-state index contributed by atoms with van der Waals surface area (Å²) >= 11 is 0. The van der Waals surface area contributed by atoms with E-state index < -0.39 is 0 Å². The first kappa shape index (κ1) is 21.7. The second-order valence-electron chi connectivity index (χ2n) is 10.3. The van der Waals surface area contributed by atoms with Crippen LogP contribution < -0.4 is 0 Å². The van der Waals surface area contributed by atoms with Gasteiger partial charge in [-0.2, -0.15) is 0 Å². The summed E-state index contributed by atoms with van der Waals surface area (Å²) in [4.78, 5) is 10.1. The molecule has 0 amide bonds. The zero-order chi connectivity index (χ0) is 25.0. The topological polar surface area (TPSA) is 25.8 Å². The Bertz CT molecular complexity index is 1780. The molecule has 0 atom stereocenters. The van der Waals surface area contributed by atoms with E-state index in [-0.39, 0.29) is 5.41 Å². The van der Waals surface area contributed by atoms with Gasteiger partial charge >= 0.3 is 0 Å². The van der Waals surface area contributed by atoms with Gasteiger partial charge in [0.25, 0.3) is 0 Å². The van der Waals surface area contributed by atoms with E-state index in [1.54, 1.807) is 0 Å². The molecule has 1 heterocycles. The third kappa shape index (κ3) is 3.48. The SMILES string of the molecule is CC1(C)c2ccccc2-c2ccc(-c3nc(-c4ccc(-c5ccccc5)cc4)nc4ccccc34)cc21. The predicted octanol–water partition coefficient (Wildman–Crippen LogP) is 8.94. The molecular weight excluding hydrogens is 448 g/mol. The Morgan fingerprint density at radius 3 is 1.95 bits per heavy atom. The molecule has 0 radical (unpaired) electrons. The van der Waals surface area contributed by atoms with Crippen molar-refractivity contribution in [2.75, 3.05) is 0 Å². The van der Waals surface area contributed by atoms with Gasteiger partial charge in [-0.05, 0) is 45.5 Å². The minimum Gasteiger partial charge on any atom is -0.228 e. The molecule has 0 unspecified atom stereocenters. The Labute approximate surface area is 217 Å². The molecule has 0 saturated carbocycles. The van der Waals surface area contributed by atoms with Crippen molar-refractivity contribution in [3.05, 3.63) is 132 Å². The molecule has 1 aliphatic rings. The van der Waals surface area contributed by atoms with Crippen LogP contribution in [0, 0.1) is 0 Å². The minimum atomic E-state index is -0.0547. The Hall–Kier alpha value is -4.56. The fourth-order valence-corrected chi connectivity index (χ4v) is 5.72. The average Bonchev–Trinajstić information content (AvgIpc) is 3.19. The maximum Gasteiger partial charge on any atom is 0.160 e. The van der Waals surface area contributed by atoms with Crippen LogP contribution in [0.5, 0.6) is 0 Å². The van der Waals surface area contributed by atoms with E-state index in [9.17, 15) is 0 Å². The second kappa shape index (κ2) is 8.25. The lowest BCUT2D eigenvalue weighted by Crippen LogP contribution is -2.14. The Morgan fingerprint density at radius 1 is 0.486 bits per heavy atom. The Morgan fingerprint density at radius 2 is 1.11 bits per heavy atom. The number of aromatic nitrogens is 2. The standard InChI is InChI=1S/C35H26N2/c1-35(2)30-14-8-6-12-27(30)28-21-20-26(22-31(28)35)33-29-13-7-9-15-32(29)36-34(37-33)25-18-16-24(17-19-25)23-10-4-3-5-11-23/h3-22H,1-2H3. The van der Waals surface area contributed by atoms with Gasteiger partial charge in [-0.3, -0.25) is 0 Å². The van der Waals surface area contributed by atoms with Crippen molar-refractivity contribution < 1.29 is 0 Å². The highest BCUT2D eigenvalue weighted by Gasteiger charge is 2.35. The summed E-state index contributed by atoms with van der Waals surface area (Å²) < 4.78 is 0. The Kier molecular flexibility index (Phi) is 4.84. The normalized spacial score (nSPS) is 13.4. The van der Waals surface area contributed by atoms with Crippen LogP contribution in [0.2, 0.25) is 0 Å². The summed E-state index contributed by atoms with van der Waals surface area (Å²) in [5, 5.41) is 1.07. The van der Waals surface area contributed by atoms with E-state index in [1.807, 2.05) is 12.1 Å². The fraction of sp³-hybridized carbons (Fsp3) is 0.0857. The zero-order valence-corrected chi connectivity index (χ0v) is 20.9. The number of rotatable bonds is 3. The van der Waals surface area contributed by atoms with Crippen LogP contribution in [0.25, 0.3) is 55.8 Å². The lowest BCUT2D eigenvalue weighted by Gasteiger charge is -2.22. The summed E-state index contributed by atoms with van der Waals surface area (Å²) in [5.74, 6) is 0.747. The van der Waals surface area contributed by atoms with Crippen LogP contribution in [0.3, 0.4) is 0 Å².